The normalized spacial score (nSPS) is 14.1. The average Bonchev–Trinajstić information content (AvgIpc) is 2.51. The van der Waals surface area contributed by atoms with Crippen LogP contribution in [0.2, 0.25) is 0 Å². The summed E-state index contributed by atoms with van der Waals surface area (Å²) >= 11 is 0. The number of pyridine rings is 1. The van der Waals surface area contributed by atoms with Gasteiger partial charge in [-0.25, -0.2) is 9.78 Å². The second-order valence-corrected chi connectivity index (χ2v) is 5.53. The molecule has 2 rings (SSSR count). The van der Waals surface area contributed by atoms with Crippen LogP contribution in [0.4, 0.5) is 5.82 Å². The second-order valence-electron chi connectivity index (χ2n) is 5.53. The number of nitriles is 1. The zero-order valence-corrected chi connectivity index (χ0v) is 12.6. The zero-order valence-electron chi connectivity index (χ0n) is 12.6. The number of carboxylic acid groups (broad SMARTS) is 1. The van der Waals surface area contributed by atoms with Crippen LogP contribution in [0.1, 0.15) is 56.4 Å². The van der Waals surface area contributed by atoms with E-state index in [0.717, 1.165) is 36.9 Å². The monoisotopic (exact) mass is 287 g/mol. The third kappa shape index (κ3) is 2.85. The molecule has 1 aliphatic rings. The fourth-order valence-electron chi connectivity index (χ4n) is 2.82. The van der Waals surface area contributed by atoms with Gasteiger partial charge in [0.2, 0.25) is 0 Å². The fraction of sp³-hybridized carbons (Fsp3) is 0.562. The van der Waals surface area contributed by atoms with E-state index in [1.54, 1.807) is 0 Å². The minimum absolute atomic E-state index is 0.407. The summed E-state index contributed by atoms with van der Waals surface area (Å²) in [7, 11) is 0. The van der Waals surface area contributed by atoms with E-state index < -0.39 is 11.5 Å². The van der Waals surface area contributed by atoms with Crippen molar-refractivity contribution in [3.8, 4) is 6.07 Å². The number of carboxylic acids is 1. The van der Waals surface area contributed by atoms with Gasteiger partial charge in [0.1, 0.15) is 17.4 Å². The molecule has 5 heteroatoms. The molecule has 0 radical (unpaired) electrons. The molecule has 1 heterocycles. The predicted molar refractivity (Wildman–Crippen MR) is 80.2 cm³/mol. The molecule has 0 saturated carbocycles. The molecule has 0 aliphatic heterocycles. The van der Waals surface area contributed by atoms with Crippen molar-refractivity contribution in [1.82, 2.24) is 4.98 Å². The van der Waals surface area contributed by atoms with E-state index in [9.17, 15) is 15.2 Å². The van der Waals surface area contributed by atoms with Crippen LogP contribution in [0, 0.1) is 11.3 Å². The van der Waals surface area contributed by atoms with Gasteiger partial charge >= 0.3 is 5.97 Å². The van der Waals surface area contributed by atoms with E-state index in [2.05, 4.69) is 16.4 Å². The largest absolute Gasteiger partial charge is 0.480 e. The van der Waals surface area contributed by atoms with E-state index in [0.29, 0.717) is 24.2 Å². The molecule has 2 N–H and O–H groups in total. The number of anilines is 1. The molecule has 0 saturated heterocycles. The first-order valence-electron chi connectivity index (χ1n) is 7.50. The molecule has 0 amide bonds. The van der Waals surface area contributed by atoms with Gasteiger partial charge in [-0.15, -0.1) is 0 Å². The van der Waals surface area contributed by atoms with Crippen LogP contribution in [-0.2, 0) is 17.6 Å². The van der Waals surface area contributed by atoms with Crippen molar-refractivity contribution in [3.05, 3.63) is 22.9 Å². The Labute approximate surface area is 125 Å². The summed E-state index contributed by atoms with van der Waals surface area (Å²) in [5, 5.41) is 21.9. The quantitative estimate of drug-likeness (QED) is 0.869. The summed E-state index contributed by atoms with van der Waals surface area (Å²) in [6, 6.07) is 4.00. The Bertz CT molecular complexity index is 586. The molecular weight excluding hydrogens is 266 g/mol. The Kier molecular flexibility index (Phi) is 4.46. The van der Waals surface area contributed by atoms with Gasteiger partial charge in [0.05, 0.1) is 5.56 Å². The lowest BCUT2D eigenvalue weighted by atomic mass is 9.91. The molecule has 0 aromatic carbocycles. The lowest BCUT2D eigenvalue weighted by Crippen LogP contribution is -2.45. The third-order valence-electron chi connectivity index (χ3n) is 4.40. The molecule has 0 fully saturated rings. The lowest BCUT2D eigenvalue weighted by Gasteiger charge is -2.29. The van der Waals surface area contributed by atoms with Gasteiger partial charge in [-0.2, -0.15) is 5.26 Å². The van der Waals surface area contributed by atoms with Crippen LogP contribution in [0.3, 0.4) is 0 Å². The van der Waals surface area contributed by atoms with Gasteiger partial charge in [0.15, 0.2) is 0 Å². The van der Waals surface area contributed by atoms with Crippen LogP contribution < -0.4 is 5.32 Å². The van der Waals surface area contributed by atoms with Gasteiger partial charge in [-0.1, -0.05) is 13.8 Å². The Morgan fingerprint density at radius 2 is 2.10 bits per heavy atom. The minimum Gasteiger partial charge on any atom is -0.480 e. The van der Waals surface area contributed by atoms with Crippen LogP contribution in [0.25, 0.3) is 0 Å². The molecule has 21 heavy (non-hydrogen) atoms. The van der Waals surface area contributed by atoms with Gasteiger partial charge < -0.3 is 10.4 Å². The molecular formula is C16H21N3O2. The number of aromatic nitrogens is 1. The first-order valence-corrected chi connectivity index (χ1v) is 7.50. The van der Waals surface area contributed by atoms with E-state index in [1.807, 2.05) is 19.9 Å². The predicted octanol–water partition coefficient (Wildman–Crippen LogP) is 2.89. The van der Waals surface area contributed by atoms with E-state index >= 15 is 0 Å². The lowest BCUT2D eigenvalue weighted by molar-refractivity contribution is -0.142. The number of carbonyl (C=O) groups is 1. The van der Waals surface area contributed by atoms with Crippen molar-refractivity contribution in [2.45, 2.75) is 57.9 Å². The molecule has 0 unspecified atom stereocenters. The number of nitrogens with zero attached hydrogens (tertiary/aromatic N) is 2. The molecule has 1 aromatic heterocycles. The first-order chi connectivity index (χ1) is 10.1. The van der Waals surface area contributed by atoms with E-state index in [4.69, 9.17) is 0 Å². The maximum absolute atomic E-state index is 11.6. The third-order valence-corrected chi connectivity index (χ3v) is 4.40. The molecule has 1 aliphatic carbocycles. The summed E-state index contributed by atoms with van der Waals surface area (Å²) < 4.78 is 0. The molecule has 5 nitrogen and oxygen atoms in total. The smallest absolute Gasteiger partial charge is 0.329 e. The van der Waals surface area contributed by atoms with Crippen molar-refractivity contribution in [2.24, 2.45) is 0 Å². The number of aryl methyl sites for hydroxylation is 2. The summed E-state index contributed by atoms with van der Waals surface area (Å²) in [5.41, 5.74) is 1.48. The molecule has 1 aromatic rings. The maximum Gasteiger partial charge on any atom is 0.329 e. The summed E-state index contributed by atoms with van der Waals surface area (Å²) in [4.78, 5) is 16.2. The van der Waals surface area contributed by atoms with Gasteiger partial charge in [0.25, 0.3) is 0 Å². The summed E-state index contributed by atoms with van der Waals surface area (Å²) in [6.45, 7) is 3.66. The Balaban J connectivity index is 2.43. The standard InChI is InChI=1S/C16H21N3O2/c1-3-16(4-2,15(20)21)19-14-12(10-17)9-11-7-5-6-8-13(11)18-14/h9H,3-8H2,1-2H3,(H,18,19)(H,20,21). The van der Waals surface area contributed by atoms with Crippen molar-refractivity contribution >= 4 is 11.8 Å². The highest BCUT2D eigenvalue weighted by Gasteiger charge is 2.36. The number of hydrogen-bond donors (Lipinski definition) is 2. The first kappa shape index (κ1) is 15.3. The molecule has 112 valence electrons. The van der Waals surface area contributed by atoms with Crippen LogP contribution in [-0.4, -0.2) is 21.6 Å². The number of rotatable bonds is 5. The summed E-state index contributed by atoms with van der Waals surface area (Å²) in [6.07, 6.45) is 4.92. The average molecular weight is 287 g/mol. The highest BCUT2D eigenvalue weighted by atomic mass is 16.4. The SMILES string of the molecule is CCC(CC)(Nc1nc2c(cc1C#N)CCCC2)C(=O)O. The summed E-state index contributed by atoms with van der Waals surface area (Å²) in [5.74, 6) is -0.500. The number of hydrogen-bond acceptors (Lipinski definition) is 4. The van der Waals surface area contributed by atoms with Gasteiger partial charge in [0, 0.05) is 5.69 Å². The van der Waals surface area contributed by atoms with Crippen molar-refractivity contribution in [1.29, 1.82) is 5.26 Å². The number of fused-ring (bicyclic) bond motifs is 1. The highest BCUT2D eigenvalue weighted by Crippen LogP contribution is 2.28. The topological polar surface area (TPSA) is 86.0 Å². The van der Waals surface area contributed by atoms with E-state index in [-0.39, 0.29) is 0 Å². The van der Waals surface area contributed by atoms with Gasteiger partial charge in [-0.05, 0) is 50.2 Å². The minimum atomic E-state index is -1.07. The van der Waals surface area contributed by atoms with Crippen molar-refractivity contribution in [3.63, 3.8) is 0 Å². The van der Waals surface area contributed by atoms with Crippen molar-refractivity contribution < 1.29 is 9.90 Å². The van der Waals surface area contributed by atoms with E-state index in [1.165, 1.54) is 0 Å². The Hall–Kier alpha value is -2.09. The van der Waals surface area contributed by atoms with Crippen LogP contribution in [0.5, 0.6) is 0 Å². The van der Waals surface area contributed by atoms with Gasteiger partial charge in [-0.3, -0.25) is 0 Å². The maximum atomic E-state index is 11.6. The number of aliphatic carboxylic acids is 1. The number of nitrogens with one attached hydrogen (secondary N) is 1. The molecule has 0 bridgehead atoms. The van der Waals surface area contributed by atoms with Crippen LogP contribution in [0.15, 0.2) is 6.07 Å². The van der Waals surface area contributed by atoms with Crippen molar-refractivity contribution in [2.75, 3.05) is 5.32 Å². The second kappa shape index (κ2) is 6.13. The Morgan fingerprint density at radius 1 is 1.43 bits per heavy atom. The van der Waals surface area contributed by atoms with Crippen LogP contribution >= 0.6 is 0 Å². The molecule has 0 atom stereocenters. The zero-order chi connectivity index (χ0) is 15.5. The molecule has 0 spiro atoms. The highest BCUT2D eigenvalue weighted by molar-refractivity contribution is 5.83. The fourth-order valence-corrected chi connectivity index (χ4v) is 2.82. The Morgan fingerprint density at radius 3 is 2.67 bits per heavy atom.